The molecule has 0 bridgehead atoms. The lowest BCUT2D eigenvalue weighted by Crippen LogP contribution is -2.35. The monoisotopic (exact) mass is 232 g/mol. The maximum absolute atomic E-state index is 6.06. The van der Waals surface area contributed by atoms with Gasteiger partial charge in [0.25, 0.3) is 0 Å². The Kier molecular flexibility index (Phi) is 3.43. The summed E-state index contributed by atoms with van der Waals surface area (Å²) < 4.78 is 0. The topological polar surface area (TPSA) is 38.0 Å². The minimum atomic E-state index is 0.224. The van der Waals surface area contributed by atoms with E-state index in [1.807, 2.05) is 0 Å². The first-order chi connectivity index (χ1) is 7.97. The normalized spacial score (nSPS) is 24.9. The Morgan fingerprint density at radius 3 is 2.24 bits per heavy atom. The average Bonchev–Trinajstić information content (AvgIpc) is 2.64. The first kappa shape index (κ1) is 12.4. The van der Waals surface area contributed by atoms with E-state index >= 15 is 0 Å². The summed E-state index contributed by atoms with van der Waals surface area (Å²) in [4.78, 5) is 0. The van der Waals surface area contributed by atoms with Crippen molar-refractivity contribution in [2.24, 2.45) is 5.73 Å². The maximum Gasteiger partial charge on any atom is 0.0412 e. The van der Waals surface area contributed by atoms with Gasteiger partial charge < -0.3 is 11.1 Å². The van der Waals surface area contributed by atoms with E-state index in [0.29, 0.717) is 12.1 Å². The highest BCUT2D eigenvalue weighted by Crippen LogP contribution is 2.25. The van der Waals surface area contributed by atoms with Crippen LogP contribution in [0.15, 0.2) is 24.3 Å². The Morgan fingerprint density at radius 1 is 1.12 bits per heavy atom. The van der Waals surface area contributed by atoms with Crippen molar-refractivity contribution in [3.63, 3.8) is 0 Å². The molecule has 1 aliphatic rings. The number of nitrogens with one attached hydrogen (secondary N) is 1. The van der Waals surface area contributed by atoms with Crippen LogP contribution in [0.5, 0.6) is 0 Å². The number of anilines is 1. The fourth-order valence-corrected chi connectivity index (χ4v) is 2.45. The molecule has 1 saturated carbocycles. The van der Waals surface area contributed by atoms with Crippen LogP contribution in [0.2, 0.25) is 0 Å². The molecule has 1 aliphatic carbocycles. The summed E-state index contributed by atoms with van der Waals surface area (Å²) in [7, 11) is 0. The molecular weight excluding hydrogens is 208 g/mol. The maximum atomic E-state index is 6.06. The molecule has 0 unspecified atom stereocenters. The lowest BCUT2D eigenvalue weighted by Gasteiger charge is -2.21. The molecular formula is C15H24N2. The van der Waals surface area contributed by atoms with Crippen LogP contribution in [-0.4, -0.2) is 12.1 Å². The zero-order valence-electron chi connectivity index (χ0n) is 11.2. The van der Waals surface area contributed by atoms with Gasteiger partial charge in [-0.3, -0.25) is 0 Å². The van der Waals surface area contributed by atoms with Crippen LogP contribution < -0.4 is 11.1 Å². The van der Waals surface area contributed by atoms with E-state index < -0.39 is 0 Å². The Hall–Kier alpha value is -1.02. The van der Waals surface area contributed by atoms with Crippen LogP contribution in [0.4, 0.5) is 5.69 Å². The highest BCUT2D eigenvalue weighted by molar-refractivity contribution is 5.47. The molecule has 1 fully saturated rings. The van der Waals surface area contributed by atoms with Crippen LogP contribution in [0.1, 0.15) is 45.6 Å². The van der Waals surface area contributed by atoms with E-state index in [-0.39, 0.29) is 5.41 Å². The predicted octanol–water partition coefficient (Wildman–Crippen LogP) is 3.28. The third kappa shape index (κ3) is 3.01. The molecule has 2 atom stereocenters. The van der Waals surface area contributed by atoms with Crippen LogP contribution in [-0.2, 0) is 5.41 Å². The summed E-state index contributed by atoms with van der Waals surface area (Å²) in [6.07, 6.45) is 3.60. The third-order valence-corrected chi connectivity index (χ3v) is 3.67. The summed E-state index contributed by atoms with van der Waals surface area (Å²) in [5.74, 6) is 0. The van der Waals surface area contributed by atoms with Crippen molar-refractivity contribution in [2.45, 2.75) is 57.5 Å². The van der Waals surface area contributed by atoms with Gasteiger partial charge in [0.2, 0.25) is 0 Å². The minimum Gasteiger partial charge on any atom is -0.381 e. The molecule has 94 valence electrons. The second kappa shape index (κ2) is 4.69. The van der Waals surface area contributed by atoms with Crippen LogP contribution in [0, 0.1) is 0 Å². The number of benzene rings is 1. The summed E-state index contributed by atoms with van der Waals surface area (Å²) >= 11 is 0. The molecule has 2 heteroatoms. The Bertz CT molecular complexity index is 362. The first-order valence-corrected chi connectivity index (χ1v) is 6.59. The van der Waals surface area contributed by atoms with E-state index in [0.717, 1.165) is 6.42 Å². The first-order valence-electron chi connectivity index (χ1n) is 6.59. The van der Waals surface area contributed by atoms with Gasteiger partial charge in [-0.05, 0) is 42.4 Å². The van der Waals surface area contributed by atoms with Gasteiger partial charge in [-0.15, -0.1) is 0 Å². The Balaban J connectivity index is 2.03. The molecule has 17 heavy (non-hydrogen) atoms. The van der Waals surface area contributed by atoms with Gasteiger partial charge >= 0.3 is 0 Å². The summed E-state index contributed by atoms with van der Waals surface area (Å²) in [5, 5.41) is 3.54. The fraction of sp³-hybridized carbons (Fsp3) is 0.600. The average molecular weight is 232 g/mol. The van der Waals surface area contributed by atoms with Crippen molar-refractivity contribution in [1.82, 2.24) is 0 Å². The van der Waals surface area contributed by atoms with Crippen LogP contribution >= 0.6 is 0 Å². The van der Waals surface area contributed by atoms with Gasteiger partial charge in [0, 0.05) is 17.8 Å². The molecule has 1 aromatic rings. The fourth-order valence-electron chi connectivity index (χ4n) is 2.45. The standard InChI is InChI=1S/C15H24N2/c1-15(2,3)11-7-9-12(10-8-11)17-14-6-4-5-13(14)16/h7-10,13-14,17H,4-6,16H2,1-3H3/t13-,14+/m1/s1. The highest BCUT2D eigenvalue weighted by Gasteiger charge is 2.23. The summed E-state index contributed by atoms with van der Waals surface area (Å²) in [6.45, 7) is 6.72. The van der Waals surface area contributed by atoms with Gasteiger partial charge in [0.1, 0.15) is 0 Å². The van der Waals surface area contributed by atoms with Crippen molar-refractivity contribution in [3.05, 3.63) is 29.8 Å². The number of rotatable bonds is 2. The summed E-state index contributed by atoms with van der Waals surface area (Å²) in [5.41, 5.74) is 8.86. The molecule has 0 saturated heterocycles. The molecule has 0 heterocycles. The number of hydrogen-bond acceptors (Lipinski definition) is 2. The quantitative estimate of drug-likeness (QED) is 0.821. The summed E-state index contributed by atoms with van der Waals surface area (Å²) in [6, 6.07) is 9.54. The third-order valence-electron chi connectivity index (χ3n) is 3.67. The molecule has 0 amide bonds. The molecule has 2 nitrogen and oxygen atoms in total. The highest BCUT2D eigenvalue weighted by atomic mass is 15.0. The van der Waals surface area contributed by atoms with Crippen molar-refractivity contribution in [3.8, 4) is 0 Å². The van der Waals surface area contributed by atoms with E-state index in [9.17, 15) is 0 Å². The largest absolute Gasteiger partial charge is 0.381 e. The molecule has 2 rings (SSSR count). The number of hydrogen-bond donors (Lipinski definition) is 2. The van der Waals surface area contributed by atoms with E-state index in [4.69, 9.17) is 5.73 Å². The van der Waals surface area contributed by atoms with Crippen LogP contribution in [0.25, 0.3) is 0 Å². The second-order valence-corrected chi connectivity index (χ2v) is 6.17. The molecule has 0 aromatic heterocycles. The molecule has 0 aliphatic heterocycles. The second-order valence-electron chi connectivity index (χ2n) is 6.17. The van der Waals surface area contributed by atoms with Gasteiger partial charge in [0.15, 0.2) is 0 Å². The lowest BCUT2D eigenvalue weighted by molar-refractivity contribution is 0.590. The minimum absolute atomic E-state index is 0.224. The van der Waals surface area contributed by atoms with E-state index in [1.54, 1.807) is 0 Å². The molecule has 3 N–H and O–H groups in total. The smallest absolute Gasteiger partial charge is 0.0412 e. The van der Waals surface area contributed by atoms with E-state index in [1.165, 1.54) is 24.1 Å². The van der Waals surface area contributed by atoms with Gasteiger partial charge in [0.05, 0.1) is 0 Å². The van der Waals surface area contributed by atoms with Gasteiger partial charge in [-0.1, -0.05) is 32.9 Å². The zero-order chi connectivity index (χ0) is 12.5. The van der Waals surface area contributed by atoms with Crippen molar-refractivity contribution in [1.29, 1.82) is 0 Å². The lowest BCUT2D eigenvalue weighted by atomic mass is 9.87. The van der Waals surface area contributed by atoms with Crippen LogP contribution in [0.3, 0.4) is 0 Å². The van der Waals surface area contributed by atoms with Gasteiger partial charge in [-0.25, -0.2) is 0 Å². The van der Waals surface area contributed by atoms with Crippen molar-refractivity contribution in [2.75, 3.05) is 5.32 Å². The van der Waals surface area contributed by atoms with Crippen molar-refractivity contribution < 1.29 is 0 Å². The van der Waals surface area contributed by atoms with Crippen molar-refractivity contribution >= 4 is 5.69 Å². The zero-order valence-corrected chi connectivity index (χ0v) is 11.2. The SMILES string of the molecule is CC(C)(C)c1ccc(N[C@H]2CCC[C@H]2N)cc1. The Morgan fingerprint density at radius 2 is 1.76 bits per heavy atom. The number of nitrogens with two attached hydrogens (primary N) is 1. The predicted molar refractivity (Wildman–Crippen MR) is 74.4 cm³/mol. The molecule has 0 spiro atoms. The Labute approximate surface area is 105 Å². The molecule has 0 radical (unpaired) electrons. The molecule has 1 aromatic carbocycles. The van der Waals surface area contributed by atoms with Gasteiger partial charge in [-0.2, -0.15) is 0 Å². The van der Waals surface area contributed by atoms with E-state index in [2.05, 4.69) is 50.4 Å².